The zero-order chi connectivity index (χ0) is 37.2. The predicted octanol–water partition coefficient (Wildman–Crippen LogP) is 4.46. The number of ether oxygens (including phenoxy) is 4. The van der Waals surface area contributed by atoms with E-state index in [1.165, 1.54) is 7.11 Å². The molecule has 1 fully saturated rings. The number of hydrogen-bond acceptors (Lipinski definition) is 10. The van der Waals surface area contributed by atoms with Crippen molar-refractivity contribution in [2.24, 2.45) is 35.3 Å². The molecule has 2 aliphatic heterocycles. The second-order valence-electron chi connectivity index (χ2n) is 14.1. The molecule has 2 heterocycles. The van der Waals surface area contributed by atoms with Crippen LogP contribution in [0.15, 0.2) is 59.3 Å². The maximum Gasteiger partial charge on any atom is 0.334 e. The lowest BCUT2D eigenvalue weighted by Crippen LogP contribution is -2.58. The molecule has 1 saturated heterocycles. The van der Waals surface area contributed by atoms with Crippen molar-refractivity contribution in [2.45, 2.75) is 124 Å². The summed E-state index contributed by atoms with van der Waals surface area (Å²) >= 11 is 0. The lowest BCUT2D eigenvalue weighted by Gasteiger charge is -2.49. The van der Waals surface area contributed by atoms with Crippen molar-refractivity contribution in [3.05, 3.63) is 59.3 Å². The van der Waals surface area contributed by atoms with Crippen LogP contribution in [0.3, 0.4) is 0 Å². The highest BCUT2D eigenvalue weighted by molar-refractivity contribution is 5.93. The summed E-state index contributed by atoms with van der Waals surface area (Å²) in [5.41, 5.74) is 7.27. The number of cyclic esters (lactones) is 1. The van der Waals surface area contributed by atoms with Crippen molar-refractivity contribution in [2.75, 3.05) is 7.11 Å². The molecule has 2 rings (SSSR count). The van der Waals surface area contributed by atoms with Gasteiger partial charge in [0.1, 0.15) is 18.3 Å². The van der Waals surface area contributed by atoms with Crippen molar-refractivity contribution in [3.63, 3.8) is 0 Å². The van der Waals surface area contributed by atoms with Crippen LogP contribution >= 0.6 is 0 Å². The second kappa shape index (κ2) is 18.8. The van der Waals surface area contributed by atoms with Gasteiger partial charge in [-0.25, -0.2) is 9.59 Å². The molecule has 1 amide bonds. The van der Waals surface area contributed by atoms with Crippen LogP contribution in [0.2, 0.25) is 0 Å². The van der Waals surface area contributed by atoms with Crippen molar-refractivity contribution in [3.8, 4) is 0 Å². The monoisotopic (exact) mass is 689 g/mol. The number of aliphatic hydroxyl groups excluding tert-OH is 2. The standard InChI is InChI=1S/C38H59NO10/c1-11-29-26(7)31(47-33(41)16-15-32(39)40)20-38(45,49-29)28(9)35(43)27(8)36-30(46-10)14-12-13-21(2)17-23(4)34(42)24(5)18-22(3)19-25(6)37(44)48-36/h12-16,18-19,23-24,26-31,34-36,42-43,45H,11,17,20H2,1-10H3,(H2,39,40)/b14-12-,16-15+,21-13-,22-18-,25-19-. The Morgan fingerprint density at radius 2 is 1.82 bits per heavy atom. The zero-order valence-corrected chi connectivity index (χ0v) is 30.8. The number of carbonyl (C=O) groups excluding carboxylic acids is 3. The molecule has 12 unspecified atom stereocenters. The van der Waals surface area contributed by atoms with Crippen LogP contribution in [0.5, 0.6) is 0 Å². The van der Waals surface area contributed by atoms with Gasteiger partial charge in [0.2, 0.25) is 5.91 Å². The van der Waals surface area contributed by atoms with E-state index in [0.29, 0.717) is 18.4 Å². The van der Waals surface area contributed by atoms with E-state index < -0.39 is 72.1 Å². The third kappa shape index (κ3) is 11.7. The minimum absolute atomic E-state index is 0.00731. The summed E-state index contributed by atoms with van der Waals surface area (Å²) in [5, 5.41) is 34.7. The summed E-state index contributed by atoms with van der Waals surface area (Å²) in [6.45, 7) is 16.5. The molecule has 11 nitrogen and oxygen atoms in total. The maximum atomic E-state index is 13.5. The van der Waals surface area contributed by atoms with E-state index in [1.54, 1.807) is 32.9 Å². The minimum Gasteiger partial charge on any atom is -0.459 e. The van der Waals surface area contributed by atoms with Gasteiger partial charge in [0.25, 0.3) is 0 Å². The van der Waals surface area contributed by atoms with Crippen LogP contribution in [0.1, 0.15) is 81.6 Å². The van der Waals surface area contributed by atoms with E-state index in [9.17, 15) is 29.7 Å². The van der Waals surface area contributed by atoms with Crippen LogP contribution in [0.4, 0.5) is 0 Å². The molecular formula is C38H59NO10. The molecule has 0 spiro atoms. The third-order valence-corrected chi connectivity index (χ3v) is 9.93. The van der Waals surface area contributed by atoms with E-state index >= 15 is 0 Å². The number of primary amides is 1. The number of hydrogen-bond donors (Lipinski definition) is 4. The smallest absolute Gasteiger partial charge is 0.334 e. The van der Waals surface area contributed by atoms with Crippen LogP contribution in [-0.2, 0) is 33.3 Å². The fourth-order valence-corrected chi connectivity index (χ4v) is 6.80. The fraction of sp³-hybridized carbons (Fsp3) is 0.658. The summed E-state index contributed by atoms with van der Waals surface area (Å²) in [4.78, 5) is 37.1. The molecule has 11 heteroatoms. The molecule has 0 aromatic heterocycles. The molecular weight excluding hydrogens is 630 g/mol. The Bertz CT molecular complexity index is 1300. The van der Waals surface area contributed by atoms with Crippen molar-refractivity contribution in [1.82, 2.24) is 0 Å². The summed E-state index contributed by atoms with van der Waals surface area (Å²) in [6.07, 6.45) is 7.06. The Morgan fingerprint density at radius 1 is 1.16 bits per heavy atom. The quantitative estimate of drug-likeness (QED) is 0.200. The number of nitrogens with two attached hydrogens (primary N) is 1. The van der Waals surface area contributed by atoms with E-state index in [1.807, 2.05) is 59.8 Å². The van der Waals surface area contributed by atoms with E-state index in [-0.39, 0.29) is 24.2 Å². The van der Waals surface area contributed by atoms with E-state index in [4.69, 9.17) is 24.7 Å². The van der Waals surface area contributed by atoms with Crippen molar-refractivity contribution < 1.29 is 48.7 Å². The van der Waals surface area contributed by atoms with Crippen LogP contribution in [0.25, 0.3) is 0 Å². The van der Waals surface area contributed by atoms with Gasteiger partial charge in [0, 0.05) is 54.9 Å². The molecule has 2 aliphatic rings. The Labute approximate surface area is 291 Å². The number of allylic oxidation sites excluding steroid dienone is 5. The molecule has 5 N–H and O–H groups in total. The van der Waals surface area contributed by atoms with Gasteiger partial charge in [-0.15, -0.1) is 0 Å². The Hall–Kier alpha value is -3.09. The lowest BCUT2D eigenvalue weighted by atomic mass is 9.77. The third-order valence-electron chi connectivity index (χ3n) is 9.93. The summed E-state index contributed by atoms with van der Waals surface area (Å²) in [7, 11) is 1.49. The summed E-state index contributed by atoms with van der Waals surface area (Å²) in [5.74, 6) is -6.28. The second-order valence-corrected chi connectivity index (χ2v) is 14.1. The van der Waals surface area contributed by atoms with Gasteiger partial charge in [0.05, 0.1) is 18.3 Å². The molecule has 49 heavy (non-hydrogen) atoms. The predicted molar refractivity (Wildman–Crippen MR) is 186 cm³/mol. The normalized spacial score (nSPS) is 38.1. The first-order valence-corrected chi connectivity index (χ1v) is 17.2. The first-order chi connectivity index (χ1) is 22.8. The van der Waals surface area contributed by atoms with Crippen LogP contribution in [0, 0.1) is 29.6 Å². The largest absolute Gasteiger partial charge is 0.459 e. The lowest BCUT2D eigenvalue weighted by molar-refractivity contribution is -0.323. The van der Waals surface area contributed by atoms with Gasteiger partial charge in [-0.1, -0.05) is 77.0 Å². The molecule has 0 aromatic carbocycles. The minimum atomic E-state index is -1.92. The average molecular weight is 690 g/mol. The van der Waals surface area contributed by atoms with Crippen LogP contribution in [-0.4, -0.2) is 82.7 Å². The first-order valence-electron chi connectivity index (χ1n) is 17.2. The molecule has 276 valence electrons. The highest BCUT2D eigenvalue weighted by atomic mass is 16.6. The van der Waals surface area contributed by atoms with E-state index in [0.717, 1.165) is 23.3 Å². The van der Waals surface area contributed by atoms with Crippen molar-refractivity contribution >= 4 is 17.8 Å². The molecule has 0 aliphatic carbocycles. The number of rotatable bonds is 9. The molecule has 0 saturated carbocycles. The zero-order valence-electron chi connectivity index (χ0n) is 30.8. The number of aliphatic hydroxyl groups is 3. The van der Waals surface area contributed by atoms with Gasteiger partial charge < -0.3 is 40.0 Å². The Kier molecular flexibility index (Phi) is 16.1. The number of carbonyl (C=O) groups is 3. The van der Waals surface area contributed by atoms with Gasteiger partial charge >= 0.3 is 11.9 Å². The van der Waals surface area contributed by atoms with Gasteiger partial charge in [0.15, 0.2) is 5.79 Å². The fourth-order valence-electron chi connectivity index (χ4n) is 6.80. The molecule has 0 bridgehead atoms. The van der Waals surface area contributed by atoms with Gasteiger partial charge in [-0.2, -0.15) is 0 Å². The Balaban J connectivity index is 2.48. The highest BCUT2D eigenvalue weighted by Gasteiger charge is 2.52. The SMILES string of the molecule is CCC1OC(O)(C(C)C(O)C(C)C2OC(=O)/C(C)=C\C(C)=C/C(C)C(O)C(C)C/C(C)=C\C=C/C2OC)CC(OC(=O)/C=C/C(N)=O)C1C. The van der Waals surface area contributed by atoms with E-state index in [2.05, 4.69) is 0 Å². The molecule has 12 atom stereocenters. The maximum absolute atomic E-state index is 13.5. The molecule has 0 radical (unpaired) electrons. The van der Waals surface area contributed by atoms with Crippen LogP contribution < -0.4 is 5.73 Å². The van der Waals surface area contributed by atoms with Gasteiger partial charge in [-0.3, -0.25) is 4.79 Å². The topological polar surface area (TPSA) is 175 Å². The number of esters is 2. The summed E-state index contributed by atoms with van der Waals surface area (Å²) in [6, 6.07) is 0. The highest BCUT2D eigenvalue weighted by Crippen LogP contribution is 2.41. The van der Waals surface area contributed by atoms with Crippen molar-refractivity contribution in [1.29, 1.82) is 0 Å². The number of amides is 1. The van der Waals surface area contributed by atoms with Gasteiger partial charge in [-0.05, 0) is 45.6 Å². The summed E-state index contributed by atoms with van der Waals surface area (Å²) < 4.78 is 23.7. The molecule has 0 aromatic rings. The Morgan fingerprint density at radius 3 is 2.41 bits per heavy atom. The number of methoxy groups -OCH3 is 1. The average Bonchev–Trinajstić information content (AvgIpc) is 3.04. The first kappa shape index (κ1) is 42.1.